The van der Waals surface area contributed by atoms with Crippen LogP contribution in [0, 0.1) is 6.92 Å². The van der Waals surface area contributed by atoms with Crippen molar-refractivity contribution in [2.75, 3.05) is 16.8 Å². The average Bonchev–Trinajstić information content (AvgIpc) is 2.30. The van der Waals surface area contributed by atoms with Gasteiger partial charge in [0.2, 0.25) is 5.91 Å². The van der Waals surface area contributed by atoms with Crippen LogP contribution in [0.25, 0.3) is 0 Å². The summed E-state index contributed by atoms with van der Waals surface area (Å²) in [6, 6.07) is 8.06. The summed E-state index contributed by atoms with van der Waals surface area (Å²) in [5, 5.41) is 3.34. The van der Waals surface area contributed by atoms with Crippen molar-refractivity contribution < 1.29 is 4.79 Å². The van der Waals surface area contributed by atoms with E-state index in [0.717, 1.165) is 30.0 Å². The SMILES string of the molecule is Cc1cccc(NC2(C(N)=O)CCCSC2)c1. The second-order valence-corrected chi connectivity index (χ2v) is 5.70. The molecule has 0 bridgehead atoms. The van der Waals surface area contributed by atoms with Crippen molar-refractivity contribution in [2.45, 2.75) is 25.3 Å². The van der Waals surface area contributed by atoms with Crippen molar-refractivity contribution in [1.82, 2.24) is 0 Å². The molecule has 0 saturated carbocycles. The summed E-state index contributed by atoms with van der Waals surface area (Å²) >= 11 is 1.79. The first-order valence-electron chi connectivity index (χ1n) is 5.85. The van der Waals surface area contributed by atoms with E-state index >= 15 is 0 Å². The predicted octanol–water partition coefficient (Wildman–Crippen LogP) is 2.16. The van der Waals surface area contributed by atoms with Crippen molar-refractivity contribution in [3.63, 3.8) is 0 Å². The number of rotatable bonds is 3. The molecule has 92 valence electrons. The van der Waals surface area contributed by atoms with Gasteiger partial charge < -0.3 is 11.1 Å². The first-order valence-corrected chi connectivity index (χ1v) is 7.00. The normalized spacial score (nSPS) is 24.3. The van der Waals surface area contributed by atoms with E-state index in [9.17, 15) is 4.79 Å². The van der Waals surface area contributed by atoms with E-state index < -0.39 is 5.54 Å². The number of hydrogen-bond donors (Lipinski definition) is 2. The molecule has 4 heteroatoms. The number of primary amides is 1. The van der Waals surface area contributed by atoms with Gasteiger partial charge in [-0.1, -0.05) is 12.1 Å². The highest BCUT2D eigenvalue weighted by Gasteiger charge is 2.38. The number of benzene rings is 1. The van der Waals surface area contributed by atoms with Crippen LogP contribution >= 0.6 is 11.8 Å². The Bertz CT molecular complexity index is 414. The molecular formula is C13H18N2OS. The maximum absolute atomic E-state index is 11.7. The topological polar surface area (TPSA) is 55.1 Å². The van der Waals surface area contributed by atoms with Crippen LogP contribution in [-0.4, -0.2) is 23.0 Å². The minimum Gasteiger partial charge on any atom is -0.371 e. The molecular weight excluding hydrogens is 232 g/mol. The number of amides is 1. The Morgan fingerprint density at radius 2 is 2.35 bits per heavy atom. The molecule has 0 spiro atoms. The summed E-state index contributed by atoms with van der Waals surface area (Å²) in [4.78, 5) is 11.7. The molecule has 1 unspecified atom stereocenters. The Balaban J connectivity index is 2.20. The van der Waals surface area contributed by atoms with Crippen LogP contribution in [0.1, 0.15) is 18.4 Å². The summed E-state index contributed by atoms with van der Waals surface area (Å²) in [7, 11) is 0. The minimum absolute atomic E-state index is 0.244. The van der Waals surface area contributed by atoms with E-state index in [1.54, 1.807) is 11.8 Å². The van der Waals surface area contributed by atoms with Crippen LogP contribution in [0.2, 0.25) is 0 Å². The molecule has 2 rings (SSSR count). The van der Waals surface area contributed by atoms with Gasteiger partial charge in [-0.15, -0.1) is 0 Å². The van der Waals surface area contributed by atoms with E-state index in [1.165, 1.54) is 5.56 Å². The standard InChI is InChI=1S/C13H18N2OS/c1-10-4-2-5-11(8-10)15-13(12(14)16)6-3-7-17-9-13/h2,4-5,8,15H,3,6-7,9H2,1H3,(H2,14,16). The van der Waals surface area contributed by atoms with E-state index in [2.05, 4.69) is 5.32 Å². The van der Waals surface area contributed by atoms with E-state index in [4.69, 9.17) is 5.73 Å². The molecule has 1 aromatic carbocycles. The third-order valence-corrected chi connectivity index (χ3v) is 4.39. The molecule has 3 nitrogen and oxygen atoms in total. The van der Waals surface area contributed by atoms with Crippen LogP contribution in [0.5, 0.6) is 0 Å². The Morgan fingerprint density at radius 1 is 1.53 bits per heavy atom. The molecule has 1 atom stereocenters. The quantitative estimate of drug-likeness (QED) is 0.864. The third-order valence-electron chi connectivity index (χ3n) is 3.11. The average molecular weight is 250 g/mol. The van der Waals surface area contributed by atoms with Gasteiger partial charge in [-0.25, -0.2) is 0 Å². The third kappa shape index (κ3) is 2.75. The second-order valence-electron chi connectivity index (χ2n) is 4.60. The fourth-order valence-electron chi connectivity index (χ4n) is 2.15. The van der Waals surface area contributed by atoms with Gasteiger partial charge >= 0.3 is 0 Å². The summed E-state index contributed by atoms with van der Waals surface area (Å²) < 4.78 is 0. The lowest BCUT2D eigenvalue weighted by molar-refractivity contribution is -0.121. The van der Waals surface area contributed by atoms with Gasteiger partial charge in [0, 0.05) is 11.4 Å². The lowest BCUT2D eigenvalue weighted by Gasteiger charge is -2.35. The Hall–Kier alpha value is -1.16. The van der Waals surface area contributed by atoms with Gasteiger partial charge in [0.25, 0.3) is 0 Å². The lowest BCUT2D eigenvalue weighted by Crippen LogP contribution is -2.54. The number of thioether (sulfide) groups is 1. The number of carbonyl (C=O) groups is 1. The molecule has 1 fully saturated rings. The summed E-state index contributed by atoms with van der Waals surface area (Å²) in [6.45, 7) is 2.04. The highest BCUT2D eigenvalue weighted by atomic mass is 32.2. The van der Waals surface area contributed by atoms with Crippen molar-refractivity contribution >= 4 is 23.4 Å². The maximum Gasteiger partial charge on any atom is 0.243 e. The fraction of sp³-hybridized carbons (Fsp3) is 0.462. The Labute approximate surface area is 106 Å². The Kier molecular flexibility index (Phi) is 3.62. The summed E-state index contributed by atoms with van der Waals surface area (Å²) in [5.41, 5.74) is 7.16. The summed E-state index contributed by atoms with van der Waals surface area (Å²) in [6.07, 6.45) is 1.86. The number of nitrogens with two attached hydrogens (primary N) is 1. The number of nitrogens with one attached hydrogen (secondary N) is 1. The number of carbonyl (C=O) groups excluding carboxylic acids is 1. The highest BCUT2D eigenvalue weighted by molar-refractivity contribution is 7.99. The van der Waals surface area contributed by atoms with Gasteiger partial charge in [-0.2, -0.15) is 11.8 Å². The first-order chi connectivity index (χ1) is 8.12. The smallest absolute Gasteiger partial charge is 0.243 e. The molecule has 1 saturated heterocycles. The number of hydrogen-bond acceptors (Lipinski definition) is 3. The Morgan fingerprint density at radius 3 is 2.94 bits per heavy atom. The zero-order chi connectivity index (χ0) is 12.3. The minimum atomic E-state index is -0.573. The van der Waals surface area contributed by atoms with Crippen molar-refractivity contribution in [1.29, 1.82) is 0 Å². The van der Waals surface area contributed by atoms with Gasteiger partial charge in [0.15, 0.2) is 0 Å². The first kappa shape index (κ1) is 12.3. The molecule has 1 aromatic rings. The van der Waals surface area contributed by atoms with Gasteiger partial charge in [-0.05, 0) is 43.2 Å². The summed E-state index contributed by atoms with van der Waals surface area (Å²) in [5.74, 6) is 1.63. The number of aryl methyl sites for hydroxylation is 1. The molecule has 0 radical (unpaired) electrons. The highest BCUT2D eigenvalue weighted by Crippen LogP contribution is 2.30. The molecule has 17 heavy (non-hydrogen) atoms. The van der Waals surface area contributed by atoms with Crippen molar-refractivity contribution in [2.24, 2.45) is 5.73 Å². The van der Waals surface area contributed by atoms with Crippen molar-refractivity contribution in [3.05, 3.63) is 29.8 Å². The zero-order valence-electron chi connectivity index (χ0n) is 10.0. The molecule has 0 aliphatic carbocycles. The van der Waals surface area contributed by atoms with E-state index in [-0.39, 0.29) is 5.91 Å². The molecule has 1 heterocycles. The lowest BCUT2D eigenvalue weighted by atomic mass is 9.94. The molecule has 1 aliphatic heterocycles. The van der Waals surface area contributed by atoms with E-state index in [1.807, 2.05) is 31.2 Å². The number of anilines is 1. The monoisotopic (exact) mass is 250 g/mol. The molecule has 3 N–H and O–H groups in total. The van der Waals surface area contributed by atoms with Crippen LogP contribution in [0.15, 0.2) is 24.3 Å². The molecule has 0 aromatic heterocycles. The van der Waals surface area contributed by atoms with Crippen LogP contribution in [0.3, 0.4) is 0 Å². The van der Waals surface area contributed by atoms with Crippen molar-refractivity contribution in [3.8, 4) is 0 Å². The molecule has 1 amide bonds. The van der Waals surface area contributed by atoms with Crippen LogP contribution in [0.4, 0.5) is 5.69 Å². The second kappa shape index (κ2) is 5.00. The van der Waals surface area contributed by atoms with Crippen LogP contribution in [-0.2, 0) is 4.79 Å². The largest absolute Gasteiger partial charge is 0.371 e. The van der Waals surface area contributed by atoms with Gasteiger partial charge in [-0.3, -0.25) is 4.79 Å². The predicted molar refractivity (Wildman–Crippen MR) is 73.3 cm³/mol. The fourth-order valence-corrected chi connectivity index (χ4v) is 3.35. The van der Waals surface area contributed by atoms with Gasteiger partial charge in [0.1, 0.15) is 5.54 Å². The van der Waals surface area contributed by atoms with E-state index in [0.29, 0.717) is 0 Å². The van der Waals surface area contributed by atoms with Gasteiger partial charge in [0.05, 0.1) is 0 Å². The zero-order valence-corrected chi connectivity index (χ0v) is 10.8. The van der Waals surface area contributed by atoms with Crippen LogP contribution < -0.4 is 11.1 Å². The maximum atomic E-state index is 11.7. The molecule has 1 aliphatic rings.